The summed E-state index contributed by atoms with van der Waals surface area (Å²) < 4.78 is 5.64. The van der Waals surface area contributed by atoms with Crippen LogP contribution in [0.25, 0.3) is 0 Å². The van der Waals surface area contributed by atoms with Crippen LogP contribution in [-0.2, 0) is 14.3 Å². The second kappa shape index (κ2) is 8.27. The van der Waals surface area contributed by atoms with Gasteiger partial charge in [0.25, 0.3) is 11.8 Å². The fourth-order valence-corrected chi connectivity index (χ4v) is 4.05. The fourth-order valence-electron chi connectivity index (χ4n) is 4.05. The summed E-state index contributed by atoms with van der Waals surface area (Å²) in [4.78, 5) is 48.8. The fraction of sp³-hybridized carbons (Fsp3) is 0.217. The predicted molar refractivity (Wildman–Crippen MR) is 113 cm³/mol. The molecule has 9 nitrogen and oxygen atoms in total. The number of benzene rings is 2. The number of rotatable bonds is 5. The van der Waals surface area contributed by atoms with Gasteiger partial charge < -0.3 is 15.2 Å². The molecule has 0 aliphatic carbocycles. The minimum atomic E-state index is -1.14. The van der Waals surface area contributed by atoms with Gasteiger partial charge in [0.15, 0.2) is 0 Å². The first kappa shape index (κ1) is 21.3. The predicted octanol–water partition coefficient (Wildman–Crippen LogP) is 1.74. The number of fused-ring (bicyclic) bond motifs is 2. The van der Waals surface area contributed by atoms with Crippen LogP contribution in [0.2, 0.25) is 0 Å². The number of ether oxygens (including phenoxy) is 1. The van der Waals surface area contributed by atoms with Gasteiger partial charge in [-0.05, 0) is 43.3 Å². The summed E-state index contributed by atoms with van der Waals surface area (Å²) in [5.74, 6) is -4.66. The lowest BCUT2D eigenvalue weighted by Crippen LogP contribution is -2.52. The number of carbonyl (C=O) groups is 4. The molecule has 3 amide bonds. The van der Waals surface area contributed by atoms with Crippen LogP contribution in [0.5, 0.6) is 0 Å². The molecule has 4 atom stereocenters. The minimum Gasteiger partial charge on any atom is -0.481 e. The van der Waals surface area contributed by atoms with Gasteiger partial charge in [-0.1, -0.05) is 30.4 Å². The maximum absolute atomic E-state index is 12.7. The van der Waals surface area contributed by atoms with E-state index in [2.05, 4.69) is 16.2 Å². The van der Waals surface area contributed by atoms with Crippen molar-refractivity contribution in [1.82, 2.24) is 10.9 Å². The van der Waals surface area contributed by atoms with E-state index in [1.54, 1.807) is 55.5 Å². The van der Waals surface area contributed by atoms with Gasteiger partial charge in [0, 0.05) is 16.8 Å². The molecule has 4 rings (SSSR count). The third-order valence-electron chi connectivity index (χ3n) is 5.65. The normalized spacial score (nSPS) is 25.2. The largest absolute Gasteiger partial charge is 0.481 e. The molecule has 4 N–H and O–H groups in total. The second-order valence-electron chi connectivity index (χ2n) is 7.81. The number of hydrogen-bond donors (Lipinski definition) is 4. The Morgan fingerprint density at radius 3 is 2.22 bits per heavy atom. The Balaban J connectivity index is 1.35. The summed E-state index contributed by atoms with van der Waals surface area (Å²) in [6, 6.07) is 14.8. The highest BCUT2D eigenvalue weighted by Crippen LogP contribution is 2.46. The van der Waals surface area contributed by atoms with Crippen LogP contribution in [-0.4, -0.2) is 40.5 Å². The third kappa shape index (κ3) is 3.97. The van der Waals surface area contributed by atoms with Crippen LogP contribution in [0, 0.1) is 11.8 Å². The van der Waals surface area contributed by atoms with Crippen molar-refractivity contribution in [3.05, 3.63) is 77.9 Å². The molecule has 1 saturated heterocycles. The summed E-state index contributed by atoms with van der Waals surface area (Å²) in [6.07, 6.45) is 2.63. The highest BCUT2D eigenvalue weighted by Gasteiger charge is 2.59. The Morgan fingerprint density at radius 2 is 1.56 bits per heavy atom. The molecule has 164 valence electrons. The average Bonchev–Trinajstić information content (AvgIpc) is 3.32. The zero-order valence-electron chi connectivity index (χ0n) is 17.1. The molecule has 2 aromatic carbocycles. The second-order valence-corrected chi connectivity index (χ2v) is 7.81. The third-order valence-corrected chi connectivity index (χ3v) is 5.65. The standard InChI is InChI=1S/C23H21N3O6/c1-23-12-11-16(32-23)17(22(30)31)18(23)21(29)26-25-20(28)14-7-9-15(10-8-14)24-19(27)13-5-3-2-4-6-13/h2-12,16-18H,1H3,(H,24,27)(H,25,28)(H,26,29)(H,30,31)/t16-,17-,18+,23+/m1/s1. The van der Waals surface area contributed by atoms with E-state index in [0.29, 0.717) is 11.3 Å². The summed E-state index contributed by atoms with van der Waals surface area (Å²) >= 11 is 0. The van der Waals surface area contributed by atoms with Gasteiger partial charge >= 0.3 is 5.97 Å². The molecule has 2 heterocycles. The van der Waals surface area contributed by atoms with E-state index in [0.717, 1.165) is 0 Å². The number of nitrogens with one attached hydrogen (secondary N) is 3. The zero-order valence-corrected chi connectivity index (χ0v) is 17.1. The quantitative estimate of drug-likeness (QED) is 0.418. The highest BCUT2D eigenvalue weighted by atomic mass is 16.5. The number of carboxylic acids is 1. The molecule has 0 spiro atoms. The lowest BCUT2D eigenvalue weighted by molar-refractivity contribution is -0.147. The molecule has 2 aliphatic rings. The van der Waals surface area contributed by atoms with Crippen molar-refractivity contribution in [2.45, 2.75) is 18.6 Å². The number of hydrazine groups is 1. The van der Waals surface area contributed by atoms with E-state index in [9.17, 15) is 24.3 Å². The van der Waals surface area contributed by atoms with Crippen molar-refractivity contribution >= 4 is 29.4 Å². The van der Waals surface area contributed by atoms with Crippen molar-refractivity contribution in [3.8, 4) is 0 Å². The summed E-state index contributed by atoms with van der Waals surface area (Å²) in [6.45, 7) is 1.64. The van der Waals surface area contributed by atoms with Gasteiger partial charge in [0.2, 0.25) is 5.91 Å². The van der Waals surface area contributed by atoms with Crippen LogP contribution in [0.1, 0.15) is 27.6 Å². The number of anilines is 1. The lowest BCUT2D eigenvalue weighted by Gasteiger charge is -2.27. The molecule has 0 saturated carbocycles. The number of aliphatic carboxylic acids is 1. The number of hydrogen-bond acceptors (Lipinski definition) is 5. The molecular weight excluding hydrogens is 414 g/mol. The summed E-state index contributed by atoms with van der Waals surface area (Å²) in [7, 11) is 0. The van der Waals surface area contributed by atoms with E-state index < -0.39 is 41.3 Å². The van der Waals surface area contributed by atoms with Gasteiger partial charge in [0.05, 0.1) is 17.6 Å². The van der Waals surface area contributed by atoms with E-state index in [4.69, 9.17) is 4.74 Å². The van der Waals surface area contributed by atoms with Crippen LogP contribution in [0.3, 0.4) is 0 Å². The molecule has 1 fully saturated rings. The van der Waals surface area contributed by atoms with Crippen LogP contribution >= 0.6 is 0 Å². The van der Waals surface area contributed by atoms with Gasteiger partial charge in [-0.25, -0.2) is 0 Å². The van der Waals surface area contributed by atoms with E-state index >= 15 is 0 Å². The lowest BCUT2D eigenvalue weighted by atomic mass is 9.76. The van der Waals surface area contributed by atoms with Crippen molar-refractivity contribution in [1.29, 1.82) is 0 Å². The SMILES string of the molecule is C[C@@]12C=C[C@@H](O1)[C@@H](C(=O)O)[C@H]2C(=O)NNC(=O)c1ccc(NC(=O)c2ccccc2)cc1. The Morgan fingerprint density at radius 1 is 0.906 bits per heavy atom. The zero-order chi connectivity index (χ0) is 22.9. The molecule has 2 aromatic rings. The van der Waals surface area contributed by atoms with Crippen molar-refractivity contribution in [3.63, 3.8) is 0 Å². The first-order valence-electron chi connectivity index (χ1n) is 9.95. The summed E-state index contributed by atoms with van der Waals surface area (Å²) in [5.41, 5.74) is 4.81. The Kier molecular flexibility index (Phi) is 5.50. The van der Waals surface area contributed by atoms with E-state index in [1.165, 1.54) is 12.1 Å². The number of carbonyl (C=O) groups excluding carboxylic acids is 3. The van der Waals surface area contributed by atoms with Crippen molar-refractivity contribution in [2.75, 3.05) is 5.32 Å². The van der Waals surface area contributed by atoms with Gasteiger partial charge in [0.1, 0.15) is 5.92 Å². The Labute approximate surface area is 183 Å². The molecule has 9 heteroatoms. The number of amides is 3. The number of carboxylic acid groups (broad SMARTS) is 1. The molecule has 0 radical (unpaired) electrons. The average molecular weight is 435 g/mol. The first-order chi connectivity index (χ1) is 15.3. The molecule has 0 aromatic heterocycles. The van der Waals surface area contributed by atoms with Crippen LogP contribution < -0.4 is 16.2 Å². The maximum atomic E-state index is 12.7. The van der Waals surface area contributed by atoms with E-state index in [-0.39, 0.29) is 11.5 Å². The van der Waals surface area contributed by atoms with Gasteiger partial charge in [-0.3, -0.25) is 30.0 Å². The van der Waals surface area contributed by atoms with E-state index in [1.807, 2.05) is 6.07 Å². The Hall–Kier alpha value is -3.98. The van der Waals surface area contributed by atoms with Crippen molar-refractivity contribution in [2.24, 2.45) is 11.8 Å². The smallest absolute Gasteiger partial charge is 0.310 e. The van der Waals surface area contributed by atoms with Gasteiger partial charge in [-0.2, -0.15) is 0 Å². The minimum absolute atomic E-state index is 0.244. The summed E-state index contributed by atoms with van der Waals surface area (Å²) in [5, 5.41) is 12.2. The topological polar surface area (TPSA) is 134 Å². The first-order valence-corrected chi connectivity index (χ1v) is 9.95. The van der Waals surface area contributed by atoms with Crippen LogP contribution in [0.4, 0.5) is 5.69 Å². The highest BCUT2D eigenvalue weighted by molar-refractivity contribution is 6.04. The van der Waals surface area contributed by atoms with Crippen LogP contribution in [0.15, 0.2) is 66.7 Å². The molecule has 2 bridgehead atoms. The van der Waals surface area contributed by atoms with Gasteiger partial charge in [-0.15, -0.1) is 0 Å². The molecule has 2 aliphatic heterocycles. The molecule has 32 heavy (non-hydrogen) atoms. The molecular formula is C23H21N3O6. The monoisotopic (exact) mass is 435 g/mol. The Bertz CT molecular complexity index is 1100. The molecule has 0 unspecified atom stereocenters. The van der Waals surface area contributed by atoms with Crippen molar-refractivity contribution < 1.29 is 29.0 Å². The maximum Gasteiger partial charge on any atom is 0.310 e.